The molecule has 4 heterocycles. The van der Waals surface area contributed by atoms with Crippen LogP contribution < -0.4 is 20.3 Å². The fourth-order valence-corrected chi connectivity index (χ4v) is 4.37. The third-order valence-electron chi connectivity index (χ3n) is 6.42. The van der Waals surface area contributed by atoms with E-state index < -0.39 is 0 Å². The van der Waals surface area contributed by atoms with Crippen LogP contribution in [0.1, 0.15) is 50.2 Å². The Balaban J connectivity index is 1.56. The van der Waals surface area contributed by atoms with Crippen LogP contribution in [-0.4, -0.2) is 52.4 Å². The van der Waals surface area contributed by atoms with Gasteiger partial charge in [-0.1, -0.05) is 13.8 Å². The number of ether oxygens (including phenoxy) is 1. The van der Waals surface area contributed by atoms with Gasteiger partial charge in [0.05, 0.1) is 12.8 Å². The number of nitrogens with one attached hydrogen (secondary N) is 2. The summed E-state index contributed by atoms with van der Waals surface area (Å²) < 4.78 is 21.8. The molecule has 2 bridgehead atoms. The molecular formula is C24H32FN7O. The van der Waals surface area contributed by atoms with E-state index in [9.17, 15) is 4.39 Å². The van der Waals surface area contributed by atoms with E-state index in [-0.39, 0.29) is 11.7 Å². The molecule has 0 aliphatic carbocycles. The first-order valence-electron chi connectivity index (χ1n) is 11.9. The average Bonchev–Trinajstić information content (AvgIpc) is 3.20. The van der Waals surface area contributed by atoms with E-state index in [2.05, 4.69) is 34.5 Å². The largest absolute Gasteiger partial charge is 0.493 e. The summed E-state index contributed by atoms with van der Waals surface area (Å²) in [6.45, 7) is 9.18. The number of hydrogen-bond donors (Lipinski definition) is 2. The molecule has 33 heavy (non-hydrogen) atoms. The summed E-state index contributed by atoms with van der Waals surface area (Å²) in [5.41, 5.74) is 2.66. The minimum absolute atomic E-state index is 0.282. The maximum absolute atomic E-state index is 14.0. The highest BCUT2D eigenvalue weighted by atomic mass is 19.1. The molecule has 1 aromatic carbocycles. The zero-order chi connectivity index (χ0) is 22.8. The van der Waals surface area contributed by atoms with E-state index in [1.165, 1.54) is 12.1 Å². The molecule has 0 unspecified atom stereocenters. The van der Waals surface area contributed by atoms with E-state index in [0.29, 0.717) is 30.8 Å². The zero-order valence-electron chi connectivity index (χ0n) is 19.4. The van der Waals surface area contributed by atoms with E-state index in [1.807, 2.05) is 6.20 Å². The lowest BCUT2D eigenvalue weighted by molar-refractivity contribution is 0.301. The van der Waals surface area contributed by atoms with Crippen LogP contribution in [-0.2, 0) is 6.54 Å². The van der Waals surface area contributed by atoms with Gasteiger partial charge in [-0.15, -0.1) is 0 Å². The predicted molar refractivity (Wildman–Crippen MR) is 127 cm³/mol. The first kappa shape index (κ1) is 21.9. The van der Waals surface area contributed by atoms with Gasteiger partial charge in [0.2, 0.25) is 11.9 Å². The third-order valence-corrected chi connectivity index (χ3v) is 6.42. The molecule has 8 nitrogen and oxygen atoms in total. The molecule has 1 saturated heterocycles. The van der Waals surface area contributed by atoms with Gasteiger partial charge in [-0.3, -0.25) is 0 Å². The minimum Gasteiger partial charge on any atom is -0.493 e. The maximum atomic E-state index is 14.0. The average molecular weight is 454 g/mol. The van der Waals surface area contributed by atoms with Gasteiger partial charge < -0.3 is 20.3 Å². The number of fused-ring (bicyclic) bond motifs is 5. The van der Waals surface area contributed by atoms with Crippen molar-refractivity contribution in [3.05, 3.63) is 41.3 Å². The van der Waals surface area contributed by atoms with Crippen LogP contribution in [0.15, 0.2) is 24.4 Å². The Kier molecular flexibility index (Phi) is 6.30. The molecule has 0 amide bonds. The van der Waals surface area contributed by atoms with Gasteiger partial charge in [-0.2, -0.15) is 19.6 Å². The molecule has 0 spiro atoms. The number of anilines is 2. The first-order valence-corrected chi connectivity index (χ1v) is 11.9. The monoisotopic (exact) mass is 453 g/mol. The van der Waals surface area contributed by atoms with Crippen molar-refractivity contribution in [1.29, 1.82) is 0 Å². The summed E-state index contributed by atoms with van der Waals surface area (Å²) in [7, 11) is 0. The molecule has 2 aliphatic rings. The van der Waals surface area contributed by atoms with Crippen molar-refractivity contribution in [3.8, 4) is 5.75 Å². The van der Waals surface area contributed by atoms with E-state index in [1.54, 1.807) is 10.6 Å². The van der Waals surface area contributed by atoms with Crippen LogP contribution in [0.2, 0.25) is 0 Å². The van der Waals surface area contributed by atoms with E-state index in [4.69, 9.17) is 14.7 Å². The molecule has 0 saturated carbocycles. The predicted octanol–water partition coefficient (Wildman–Crippen LogP) is 3.59. The Hall–Kier alpha value is -2.94. The summed E-state index contributed by atoms with van der Waals surface area (Å²) in [6, 6.07) is 4.67. The summed E-state index contributed by atoms with van der Waals surface area (Å²) in [5, 5.41) is 11.3. The quantitative estimate of drug-likeness (QED) is 0.627. The number of aromatic nitrogens is 4. The molecule has 9 heteroatoms. The smallest absolute Gasteiger partial charge is 0.230 e. The Morgan fingerprint density at radius 2 is 2.06 bits per heavy atom. The van der Waals surface area contributed by atoms with Gasteiger partial charge in [-0.25, -0.2) is 4.39 Å². The topological polar surface area (TPSA) is 79.6 Å². The second-order valence-corrected chi connectivity index (χ2v) is 9.32. The highest BCUT2D eigenvalue weighted by molar-refractivity contribution is 5.56. The van der Waals surface area contributed by atoms with Crippen LogP contribution in [0.25, 0.3) is 5.65 Å². The molecule has 2 N–H and O–H groups in total. The molecule has 2 aromatic heterocycles. The van der Waals surface area contributed by atoms with Crippen molar-refractivity contribution in [3.63, 3.8) is 0 Å². The summed E-state index contributed by atoms with van der Waals surface area (Å²) >= 11 is 0. The number of rotatable bonds is 3. The molecule has 0 radical (unpaired) electrons. The first-order chi connectivity index (χ1) is 16.1. The number of benzene rings is 1. The second-order valence-electron chi connectivity index (χ2n) is 9.32. The summed E-state index contributed by atoms with van der Waals surface area (Å²) in [4.78, 5) is 12.2. The number of hydrogen-bond acceptors (Lipinski definition) is 7. The Morgan fingerprint density at radius 1 is 1.18 bits per heavy atom. The van der Waals surface area contributed by atoms with Gasteiger partial charge in [-0.05, 0) is 43.4 Å². The standard InChI is InChI=1S/C24H32FN7O/c1-16(2)20-14-28-32-22(20)29-24-30-23(32)27-13-18-10-19(25)6-7-21(18)33-9-5-3-4-8-31(24)15-17-11-26-12-17/h6-7,10,14,16-17,26H,3-5,8-9,11-13,15H2,1-2H3,(H,27,29,30). The van der Waals surface area contributed by atoms with Gasteiger partial charge in [0, 0.05) is 49.8 Å². The van der Waals surface area contributed by atoms with E-state index >= 15 is 0 Å². The van der Waals surface area contributed by atoms with Crippen molar-refractivity contribution < 1.29 is 9.13 Å². The van der Waals surface area contributed by atoms with E-state index in [0.717, 1.165) is 68.2 Å². The van der Waals surface area contributed by atoms with Crippen LogP contribution in [0.3, 0.4) is 0 Å². The van der Waals surface area contributed by atoms with Crippen molar-refractivity contribution in [2.75, 3.05) is 43.0 Å². The highest BCUT2D eigenvalue weighted by Gasteiger charge is 2.24. The summed E-state index contributed by atoms with van der Waals surface area (Å²) in [5.74, 6) is 2.64. The normalized spacial score (nSPS) is 17.8. The molecule has 3 aromatic rings. The lowest BCUT2D eigenvalue weighted by Gasteiger charge is -2.33. The fraction of sp³-hybridized carbons (Fsp3) is 0.542. The van der Waals surface area contributed by atoms with Crippen molar-refractivity contribution in [2.24, 2.45) is 5.92 Å². The molecule has 2 aliphatic heterocycles. The number of nitrogens with zero attached hydrogens (tertiary/aromatic N) is 5. The highest BCUT2D eigenvalue weighted by Crippen LogP contribution is 2.26. The minimum atomic E-state index is -0.282. The SMILES string of the molecule is CC(C)c1cnn2c3nc(nc12)N(CC1CNC1)CCCCCOc1ccc(F)cc1CN3. The lowest BCUT2D eigenvalue weighted by Crippen LogP contribution is -2.49. The maximum Gasteiger partial charge on any atom is 0.230 e. The van der Waals surface area contributed by atoms with Gasteiger partial charge in [0.1, 0.15) is 11.6 Å². The molecular weight excluding hydrogens is 421 g/mol. The second kappa shape index (κ2) is 9.51. The van der Waals surface area contributed by atoms with Crippen molar-refractivity contribution in [1.82, 2.24) is 24.9 Å². The third kappa shape index (κ3) is 4.73. The number of halogens is 1. The zero-order valence-corrected chi connectivity index (χ0v) is 19.4. The molecule has 0 atom stereocenters. The molecule has 5 rings (SSSR count). The Labute approximate surface area is 193 Å². The van der Waals surface area contributed by atoms with Crippen LogP contribution in [0, 0.1) is 11.7 Å². The van der Waals surface area contributed by atoms with Crippen molar-refractivity contribution >= 4 is 17.5 Å². The van der Waals surface area contributed by atoms with Crippen molar-refractivity contribution in [2.45, 2.75) is 45.6 Å². The fourth-order valence-electron chi connectivity index (χ4n) is 4.37. The van der Waals surface area contributed by atoms with Gasteiger partial charge in [0.25, 0.3) is 0 Å². The van der Waals surface area contributed by atoms with Crippen LogP contribution >= 0.6 is 0 Å². The molecule has 176 valence electrons. The summed E-state index contributed by atoms with van der Waals surface area (Å²) in [6.07, 6.45) is 4.91. The molecule has 1 fully saturated rings. The van der Waals surface area contributed by atoms with Crippen LogP contribution in [0.4, 0.5) is 16.3 Å². The lowest BCUT2D eigenvalue weighted by atomic mass is 10.0. The Morgan fingerprint density at radius 3 is 2.85 bits per heavy atom. The van der Waals surface area contributed by atoms with Gasteiger partial charge in [0.15, 0.2) is 5.65 Å². The van der Waals surface area contributed by atoms with Gasteiger partial charge >= 0.3 is 0 Å². The van der Waals surface area contributed by atoms with Crippen LogP contribution in [0.5, 0.6) is 5.75 Å². The Bertz CT molecular complexity index is 1110.